The van der Waals surface area contributed by atoms with Gasteiger partial charge < -0.3 is 10.8 Å². The van der Waals surface area contributed by atoms with Crippen LogP contribution in [-0.4, -0.2) is 28.6 Å². The summed E-state index contributed by atoms with van der Waals surface area (Å²) in [5, 5.41) is 8.51. The highest BCUT2D eigenvalue weighted by Gasteiger charge is 2.20. The van der Waals surface area contributed by atoms with Crippen molar-refractivity contribution in [2.45, 2.75) is 25.5 Å². The van der Waals surface area contributed by atoms with E-state index in [-0.39, 0.29) is 11.2 Å². The molecule has 0 aromatic carbocycles. The lowest BCUT2D eigenvalue weighted by Gasteiger charge is -2.14. The summed E-state index contributed by atoms with van der Waals surface area (Å²) in [7, 11) is 0. The number of thioether (sulfide) groups is 1. The van der Waals surface area contributed by atoms with Crippen molar-refractivity contribution in [3.05, 3.63) is 0 Å². The Morgan fingerprint density at radius 2 is 2.17 bits per heavy atom. The molecule has 0 spiro atoms. The van der Waals surface area contributed by atoms with Crippen molar-refractivity contribution < 1.29 is 9.90 Å². The van der Waals surface area contributed by atoms with E-state index in [0.29, 0.717) is 6.54 Å². The molecule has 0 aliphatic carbocycles. The van der Waals surface area contributed by atoms with Crippen molar-refractivity contribution in [3.8, 4) is 0 Å². The standard InChI is InChI=1S/C8H17NO2S/c1-6(2)7(8(10)11)12-5-3-4-9/h6-7H,3-5,9H2,1-2H3,(H,10,11). The second-order valence-corrected chi connectivity index (χ2v) is 4.27. The second kappa shape index (κ2) is 6.31. The van der Waals surface area contributed by atoms with Gasteiger partial charge in [-0.3, -0.25) is 4.79 Å². The first-order valence-electron chi connectivity index (χ1n) is 4.14. The number of carboxylic acid groups (broad SMARTS) is 1. The van der Waals surface area contributed by atoms with Gasteiger partial charge >= 0.3 is 5.97 Å². The van der Waals surface area contributed by atoms with Crippen molar-refractivity contribution >= 4 is 17.7 Å². The Morgan fingerprint density at radius 3 is 2.50 bits per heavy atom. The Morgan fingerprint density at radius 1 is 1.58 bits per heavy atom. The van der Waals surface area contributed by atoms with Crippen LogP contribution in [0, 0.1) is 5.92 Å². The minimum atomic E-state index is -0.716. The molecule has 0 saturated carbocycles. The van der Waals surface area contributed by atoms with Crippen molar-refractivity contribution in [2.24, 2.45) is 11.7 Å². The van der Waals surface area contributed by atoms with E-state index in [1.807, 2.05) is 13.8 Å². The molecule has 72 valence electrons. The van der Waals surface area contributed by atoms with Gasteiger partial charge in [0, 0.05) is 0 Å². The molecule has 3 N–H and O–H groups in total. The lowest BCUT2D eigenvalue weighted by Crippen LogP contribution is -2.23. The highest BCUT2D eigenvalue weighted by molar-refractivity contribution is 8.00. The molecule has 4 heteroatoms. The van der Waals surface area contributed by atoms with Gasteiger partial charge in [-0.05, 0) is 24.6 Å². The van der Waals surface area contributed by atoms with Crippen molar-refractivity contribution in [3.63, 3.8) is 0 Å². The predicted octanol–water partition coefficient (Wildman–Crippen LogP) is 1.18. The number of hydrogen-bond donors (Lipinski definition) is 2. The van der Waals surface area contributed by atoms with Gasteiger partial charge in [0.05, 0.1) is 0 Å². The number of hydrogen-bond acceptors (Lipinski definition) is 3. The minimum Gasteiger partial charge on any atom is -0.480 e. The second-order valence-electron chi connectivity index (χ2n) is 3.02. The van der Waals surface area contributed by atoms with Gasteiger partial charge in [-0.1, -0.05) is 13.8 Å². The molecule has 0 bridgehead atoms. The fraction of sp³-hybridized carbons (Fsp3) is 0.875. The summed E-state index contributed by atoms with van der Waals surface area (Å²) in [4.78, 5) is 10.7. The molecule has 1 unspecified atom stereocenters. The zero-order chi connectivity index (χ0) is 9.56. The van der Waals surface area contributed by atoms with Gasteiger partial charge in [-0.15, -0.1) is 11.8 Å². The van der Waals surface area contributed by atoms with Gasteiger partial charge in [-0.2, -0.15) is 0 Å². The molecule has 0 aliphatic rings. The van der Waals surface area contributed by atoms with E-state index in [0.717, 1.165) is 12.2 Å². The maximum atomic E-state index is 10.7. The SMILES string of the molecule is CC(C)C(SCCCN)C(=O)O. The van der Waals surface area contributed by atoms with E-state index in [4.69, 9.17) is 10.8 Å². The van der Waals surface area contributed by atoms with Crippen LogP contribution in [0.15, 0.2) is 0 Å². The Labute approximate surface area is 77.7 Å². The third kappa shape index (κ3) is 4.62. The van der Waals surface area contributed by atoms with Crippen LogP contribution in [0.2, 0.25) is 0 Å². The molecule has 0 saturated heterocycles. The van der Waals surface area contributed by atoms with Gasteiger partial charge in [0.25, 0.3) is 0 Å². The van der Waals surface area contributed by atoms with Crippen LogP contribution in [0.5, 0.6) is 0 Å². The summed E-state index contributed by atoms with van der Waals surface area (Å²) in [6.07, 6.45) is 0.890. The number of carbonyl (C=O) groups is 1. The lowest BCUT2D eigenvalue weighted by molar-refractivity contribution is -0.137. The molecule has 0 aromatic heterocycles. The molecule has 0 rings (SSSR count). The predicted molar refractivity (Wildman–Crippen MR) is 52.4 cm³/mol. The summed E-state index contributed by atoms with van der Waals surface area (Å²) in [5.74, 6) is 0.309. The minimum absolute atomic E-state index is 0.185. The maximum Gasteiger partial charge on any atom is 0.316 e. The van der Waals surface area contributed by atoms with Crippen LogP contribution in [0.4, 0.5) is 0 Å². The highest BCUT2D eigenvalue weighted by Crippen LogP contribution is 2.20. The number of nitrogens with two attached hydrogens (primary N) is 1. The van der Waals surface area contributed by atoms with Crippen LogP contribution in [0.3, 0.4) is 0 Å². The molecule has 0 radical (unpaired) electrons. The van der Waals surface area contributed by atoms with Crippen molar-refractivity contribution in [1.82, 2.24) is 0 Å². The van der Waals surface area contributed by atoms with Crippen LogP contribution in [0.1, 0.15) is 20.3 Å². The summed E-state index contributed by atoms with van der Waals surface area (Å²) in [5.41, 5.74) is 5.31. The lowest BCUT2D eigenvalue weighted by atomic mass is 10.1. The zero-order valence-corrected chi connectivity index (χ0v) is 8.43. The Bertz CT molecular complexity index is 139. The fourth-order valence-electron chi connectivity index (χ4n) is 0.843. The summed E-state index contributed by atoms with van der Waals surface area (Å²) >= 11 is 1.48. The molecule has 0 fully saturated rings. The molecule has 0 heterocycles. The van der Waals surface area contributed by atoms with Crippen molar-refractivity contribution in [2.75, 3.05) is 12.3 Å². The first kappa shape index (κ1) is 11.8. The molecule has 1 atom stereocenters. The third-order valence-electron chi connectivity index (χ3n) is 1.49. The van der Waals surface area contributed by atoms with E-state index >= 15 is 0 Å². The van der Waals surface area contributed by atoms with Crippen LogP contribution in [0.25, 0.3) is 0 Å². The smallest absolute Gasteiger partial charge is 0.316 e. The third-order valence-corrected chi connectivity index (χ3v) is 3.12. The molecule has 12 heavy (non-hydrogen) atoms. The molecular formula is C8H17NO2S. The monoisotopic (exact) mass is 191 g/mol. The highest BCUT2D eigenvalue weighted by atomic mass is 32.2. The van der Waals surface area contributed by atoms with Gasteiger partial charge in [-0.25, -0.2) is 0 Å². The average molecular weight is 191 g/mol. The summed E-state index contributed by atoms with van der Waals surface area (Å²) < 4.78 is 0. The van der Waals surface area contributed by atoms with E-state index in [9.17, 15) is 4.79 Å². The van der Waals surface area contributed by atoms with E-state index in [2.05, 4.69) is 0 Å². The molecular weight excluding hydrogens is 174 g/mol. The van der Waals surface area contributed by atoms with Gasteiger partial charge in [0.1, 0.15) is 5.25 Å². The number of carboxylic acids is 1. The molecule has 3 nitrogen and oxygen atoms in total. The van der Waals surface area contributed by atoms with Crippen LogP contribution >= 0.6 is 11.8 Å². The largest absolute Gasteiger partial charge is 0.480 e. The van der Waals surface area contributed by atoms with Crippen LogP contribution in [-0.2, 0) is 4.79 Å². The Hall–Kier alpha value is -0.220. The van der Waals surface area contributed by atoms with E-state index in [1.165, 1.54) is 11.8 Å². The topological polar surface area (TPSA) is 63.3 Å². The Balaban J connectivity index is 3.72. The molecule has 0 amide bonds. The Kier molecular flexibility index (Phi) is 6.20. The molecule has 0 aliphatic heterocycles. The van der Waals surface area contributed by atoms with Crippen molar-refractivity contribution in [1.29, 1.82) is 0 Å². The maximum absolute atomic E-state index is 10.7. The van der Waals surface area contributed by atoms with E-state index in [1.54, 1.807) is 0 Å². The number of rotatable bonds is 6. The average Bonchev–Trinajstić information content (AvgIpc) is 1.96. The molecule has 0 aromatic rings. The fourth-order valence-corrected chi connectivity index (χ4v) is 1.96. The first-order valence-corrected chi connectivity index (χ1v) is 5.19. The zero-order valence-electron chi connectivity index (χ0n) is 7.62. The summed E-state index contributed by atoms with van der Waals surface area (Å²) in [6, 6.07) is 0. The number of aliphatic carboxylic acids is 1. The quantitative estimate of drug-likeness (QED) is 0.619. The van der Waals surface area contributed by atoms with Crippen LogP contribution < -0.4 is 5.73 Å². The first-order chi connectivity index (χ1) is 5.59. The summed E-state index contributed by atoms with van der Waals surface area (Å²) in [6.45, 7) is 4.49. The van der Waals surface area contributed by atoms with Gasteiger partial charge in [0.15, 0.2) is 0 Å². The normalized spacial score (nSPS) is 13.3. The van der Waals surface area contributed by atoms with E-state index < -0.39 is 5.97 Å². The van der Waals surface area contributed by atoms with Gasteiger partial charge in [0.2, 0.25) is 0 Å².